The SMILES string of the molecule is CC(=O)N(C1CC1)C(C(=O)O)c1cccc(F)c1F. The number of carbonyl (C=O) groups is 2. The summed E-state index contributed by atoms with van der Waals surface area (Å²) in [6.45, 7) is 1.23. The predicted molar refractivity (Wildman–Crippen MR) is 62.3 cm³/mol. The van der Waals surface area contributed by atoms with Gasteiger partial charge in [-0.15, -0.1) is 0 Å². The zero-order valence-electron chi connectivity index (χ0n) is 10.3. The highest BCUT2D eigenvalue weighted by molar-refractivity contribution is 5.84. The van der Waals surface area contributed by atoms with Crippen molar-refractivity contribution in [2.24, 2.45) is 0 Å². The van der Waals surface area contributed by atoms with Crippen molar-refractivity contribution in [3.05, 3.63) is 35.4 Å². The van der Waals surface area contributed by atoms with Crippen molar-refractivity contribution in [1.29, 1.82) is 0 Å². The lowest BCUT2D eigenvalue weighted by atomic mass is 10.0. The molecule has 6 heteroatoms. The molecule has 1 amide bonds. The lowest BCUT2D eigenvalue weighted by Gasteiger charge is -2.28. The van der Waals surface area contributed by atoms with Gasteiger partial charge in [-0.05, 0) is 18.9 Å². The number of carbonyl (C=O) groups excluding carboxylic acids is 1. The maximum atomic E-state index is 13.7. The molecule has 0 aliphatic heterocycles. The Morgan fingerprint density at radius 1 is 1.37 bits per heavy atom. The van der Waals surface area contributed by atoms with Crippen LogP contribution in [0.2, 0.25) is 0 Å². The maximum Gasteiger partial charge on any atom is 0.331 e. The Hall–Kier alpha value is -1.98. The Balaban J connectivity index is 2.47. The van der Waals surface area contributed by atoms with E-state index in [1.54, 1.807) is 0 Å². The summed E-state index contributed by atoms with van der Waals surface area (Å²) in [6.07, 6.45) is 1.36. The van der Waals surface area contributed by atoms with Crippen LogP contribution in [0.3, 0.4) is 0 Å². The number of hydrogen-bond donors (Lipinski definition) is 1. The van der Waals surface area contributed by atoms with Crippen molar-refractivity contribution in [1.82, 2.24) is 4.90 Å². The lowest BCUT2D eigenvalue weighted by molar-refractivity contribution is -0.150. The molecule has 0 bridgehead atoms. The van der Waals surface area contributed by atoms with E-state index in [0.717, 1.165) is 11.0 Å². The molecule has 1 saturated carbocycles. The molecule has 4 nitrogen and oxygen atoms in total. The van der Waals surface area contributed by atoms with Crippen LogP contribution in [0.15, 0.2) is 18.2 Å². The van der Waals surface area contributed by atoms with E-state index in [2.05, 4.69) is 0 Å². The van der Waals surface area contributed by atoms with Crippen LogP contribution in [0.5, 0.6) is 0 Å². The number of hydrogen-bond acceptors (Lipinski definition) is 2. The minimum atomic E-state index is -1.49. The first kappa shape index (κ1) is 13.5. The third kappa shape index (κ3) is 2.57. The number of amides is 1. The number of rotatable bonds is 4. The first-order valence-electron chi connectivity index (χ1n) is 5.89. The summed E-state index contributed by atoms with van der Waals surface area (Å²) in [4.78, 5) is 24.1. The van der Waals surface area contributed by atoms with Crippen LogP contribution in [0.4, 0.5) is 8.78 Å². The molecule has 0 saturated heterocycles. The van der Waals surface area contributed by atoms with Crippen molar-refractivity contribution >= 4 is 11.9 Å². The van der Waals surface area contributed by atoms with Crippen molar-refractivity contribution in [3.8, 4) is 0 Å². The molecule has 1 atom stereocenters. The van der Waals surface area contributed by atoms with Crippen molar-refractivity contribution < 1.29 is 23.5 Å². The molecule has 1 aromatic rings. The number of carboxylic acids is 1. The molecule has 0 radical (unpaired) electrons. The van der Waals surface area contributed by atoms with Gasteiger partial charge in [-0.25, -0.2) is 13.6 Å². The number of benzene rings is 1. The van der Waals surface area contributed by atoms with E-state index >= 15 is 0 Å². The van der Waals surface area contributed by atoms with Crippen LogP contribution in [0.25, 0.3) is 0 Å². The molecule has 1 aliphatic carbocycles. The Bertz CT molecular complexity index is 529. The fourth-order valence-electron chi connectivity index (χ4n) is 2.14. The zero-order valence-corrected chi connectivity index (χ0v) is 10.3. The monoisotopic (exact) mass is 269 g/mol. The molecule has 1 aromatic carbocycles. The Labute approximate surface area is 108 Å². The van der Waals surface area contributed by atoms with Crippen LogP contribution in [0.1, 0.15) is 31.4 Å². The highest BCUT2D eigenvalue weighted by Crippen LogP contribution is 2.35. The van der Waals surface area contributed by atoms with E-state index < -0.39 is 29.6 Å². The summed E-state index contributed by atoms with van der Waals surface area (Å²) >= 11 is 0. The van der Waals surface area contributed by atoms with Gasteiger partial charge >= 0.3 is 5.97 Å². The van der Waals surface area contributed by atoms with E-state index in [1.165, 1.54) is 19.1 Å². The van der Waals surface area contributed by atoms with Crippen molar-refractivity contribution in [2.45, 2.75) is 31.8 Å². The highest BCUT2D eigenvalue weighted by Gasteiger charge is 2.41. The van der Waals surface area contributed by atoms with Crippen LogP contribution in [-0.2, 0) is 9.59 Å². The number of nitrogens with zero attached hydrogens (tertiary/aromatic N) is 1. The topological polar surface area (TPSA) is 57.6 Å². The molecular weight excluding hydrogens is 256 g/mol. The van der Waals surface area contributed by atoms with E-state index in [-0.39, 0.29) is 11.6 Å². The Morgan fingerprint density at radius 3 is 2.47 bits per heavy atom. The fourth-order valence-corrected chi connectivity index (χ4v) is 2.14. The van der Waals surface area contributed by atoms with Crippen molar-refractivity contribution in [2.75, 3.05) is 0 Å². The maximum absolute atomic E-state index is 13.7. The summed E-state index contributed by atoms with van der Waals surface area (Å²) < 4.78 is 27.0. The molecule has 1 unspecified atom stereocenters. The average molecular weight is 269 g/mol. The standard InChI is InChI=1S/C13H13F2NO3/c1-7(17)16(8-5-6-8)12(13(18)19)9-3-2-4-10(14)11(9)15/h2-4,8,12H,5-6H2,1H3,(H,18,19). The summed E-state index contributed by atoms with van der Waals surface area (Å²) in [5, 5.41) is 9.25. The summed E-state index contributed by atoms with van der Waals surface area (Å²) in [5.74, 6) is -4.17. The van der Waals surface area contributed by atoms with Gasteiger partial charge in [0.05, 0.1) is 0 Å². The van der Waals surface area contributed by atoms with E-state index in [4.69, 9.17) is 0 Å². The smallest absolute Gasteiger partial charge is 0.331 e. The molecule has 2 rings (SSSR count). The predicted octanol–water partition coefficient (Wildman–Crippen LogP) is 2.10. The first-order valence-corrected chi connectivity index (χ1v) is 5.89. The van der Waals surface area contributed by atoms with Gasteiger partial charge in [0.25, 0.3) is 0 Å². The van der Waals surface area contributed by atoms with Gasteiger partial charge in [-0.1, -0.05) is 12.1 Å². The second-order valence-corrected chi connectivity index (χ2v) is 4.54. The minimum absolute atomic E-state index is 0.207. The molecule has 0 heterocycles. The van der Waals surface area contributed by atoms with Crippen LogP contribution in [0, 0.1) is 11.6 Å². The zero-order chi connectivity index (χ0) is 14.2. The molecule has 0 spiro atoms. The molecular formula is C13H13F2NO3. The number of aliphatic carboxylic acids is 1. The molecule has 1 aliphatic rings. The van der Waals surface area contributed by atoms with Gasteiger partial charge in [-0.2, -0.15) is 0 Å². The summed E-state index contributed by atoms with van der Waals surface area (Å²) in [7, 11) is 0. The second kappa shape index (κ2) is 4.95. The van der Waals surface area contributed by atoms with E-state index in [0.29, 0.717) is 12.8 Å². The van der Waals surface area contributed by atoms with Crippen molar-refractivity contribution in [3.63, 3.8) is 0 Å². The largest absolute Gasteiger partial charge is 0.479 e. The van der Waals surface area contributed by atoms with Gasteiger partial charge in [0.2, 0.25) is 5.91 Å². The van der Waals surface area contributed by atoms with Crippen LogP contribution < -0.4 is 0 Å². The van der Waals surface area contributed by atoms with Crippen LogP contribution >= 0.6 is 0 Å². The molecule has 0 aromatic heterocycles. The van der Waals surface area contributed by atoms with Gasteiger partial charge in [0.1, 0.15) is 0 Å². The minimum Gasteiger partial charge on any atom is -0.479 e. The summed E-state index contributed by atoms with van der Waals surface area (Å²) in [6, 6.07) is 1.64. The molecule has 19 heavy (non-hydrogen) atoms. The number of carboxylic acid groups (broad SMARTS) is 1. The van der Waals surface area contributed by atoms with Gasteiger partial charge in [0.15, 0.2) is 17.7 Å². The van der Waals surface area contributed by atoms with Crippen LogP contribution in [-0.4, -0.2) is 27.9 Å². The van der Waals surface area contributed by atoms with E-state index in [9.17, 15) is 23.5 Å². The van der Waals surface area contributed by atoms with Gasteiger partial charge < -0.3 is 10.0 Å². The third-order valence-corrected chi connectivity index (χ3v) is 3.09. The molecule has 102 valence electrons. The molecule has 1 N–H and O–H groups in total. The number of halogens is 2. The summed E-state index contributed by atoms with van der Waals surface area (Å²) in [5.41, 5.74) is -0.324. The average Bonchev–Trinajstić information content (AvgIpc) is 3.13. The lowest BCUT2D eigenvalue weighted by Crippen LogP contribution is -2.39. The highest BCUT2D eigenvalue weighted by atomic mass is 19.2. The Morgan fingerprint density at radius 2 is 2.00 bits per heavy atom. The van der Waals surface area contributed by atoms with Gasteiger partial charge in [-0.3, -0.25) is 4.79 Å². The molecule has 1 fully saturated rings. The Kier molecular flexibility index (Phi) is 3.50. The quantitative estimate of drug-likeness (QED) is 0.910. The first-order chi connectivity index (χ1) is 8.93. The van der Waals surface area contributed by atoms with Gasteiger partial charge in [0, 0.05) is 18.5 Å². The third-order valence-electron chi connectivity index (χ3n) is 3.09. The normalized spacial score (nSPS) is 15.9. The second-order valence-electron chi connectivity index (χ2n) is 4.54. The van der Waals surface area contributed by atoms with E-state index in [1.807, 2.05) is 0 Å². The fraction of sp³-hybridized carbons (Fsp3) is 0.385.